The number of H-pyrrole nitrogens is 1. The van der Waals surface area contributed by atoms with E-state index in [9.17, 15) is 0 Å². The minimum atomic E-state index is 0.0220. The molecule has 3 aromatic heterocycles. The van der Waals surface area contributed by atoms with Crippen molar-refractivity contribution < 1.29 is 8.83 Å². The number of nitrogens with zero attached hydrogens (tertiary/aromatic N) is 1. The molecule has 0 saturated heterocycles. The second kappa shape index (κ2) is 12.3. The Morgan fingerprint density at radius 2 is 1.14 bits per heavy atom. The SMILES string of the molecule is CC1(C)CCC(C)(C)c2cc(N3c4c(oc5cc6c(cc45)C(C)(C)CCC6(C)C)[B]c4c(-c5cccc6c5[nH]c5cc7ccccc7cc56)cc5c(oc6ccccc65)c43)ccc21. The van der Waals surface area contributed by atoms with Crippen LogP contribution in [0.1, 0.15) is 103 Å². The van der Waals surface area contributed by atoms with E-state index in [-0.39, 0.29) is 21.7 Å². The van der Waals surface area contributed by atoms with E-state index in [1.54, 1.807) is 0 Å². The molecular formula is C58H52BN2O2. The van der Waals surface area contributed by atoms with Crippen molar-refractivity contribution in [3.63, 3.8) is 0 Å². The highest BCUT2D eigenvalue weighted by atomic mass is 16.3. The van der Waals surface area contributed by atoms with Gasteiger partial charge in [0.05, 0.1) is 22.6 Å². The Kier molecular flexibility index (Phi) is 7.29. The Morgan fingerprint density at radius 1 is 0.492 bits per heavy atom. The smallest absolute Gasteiger partial charge is 0.247 e. The van der Waals surface area contributed by atoms with Crippen LogP contribution < -0.4 is 16.0 Å². The van der Waals surface area contributed by atoms with Gasteiger partial charge in [0.2, 0.25) is 7.28 Å². The summed E-state index contributed by atoms with van der Waals surface area (Å²) in [6.45, 7) is 19.3. The molecule has 0 atom stereocenters. The van der Waals surface area contributed by atoms with Crippen molar-refractivity contribution in [2.45, 2.75) is 103 Å². The van der Waals surface area contributed by atoms with Gasteiger partial charge in [-0.1, -0.05) is 122 Å². The van der Waals surface area contributed by atoms with Crippen LogP contribution in [0.25, 0.3) is 76.6 Å². The molecule has 1 radical (unpaired) electrons. The second-order valence-corrected chi connectivity index (χ2v) is 21.7. The van der Waals surface area contributed by atoms with Crippen LogP contribution >= 0.6 is 0 Å². The van der Waals surface area contributed by atoms with E-state index in [1.165, 1.54) is 50.2 Å². The van der Waals surface area contributed by atoms with Crippen LogP contribution in [0.4, 0.5) is 17.1 Å². The summed E-state index contributed by atoms with van der Waals surface area (Å²) in [6.07, 6.45) is 4.59. The van der Waals surface area contributed by atoms with E-state index in [0.29, 0.717) is 0 Å². The van der Waals surface area contributed by atoms with Gasteiger partial charge >= 0.3 is 0 Å². The van der Waals surface area contributed by atoms with Gasteiger partial charge in [0.25, 0.3) is 0 Å². The summed E-state index contributed by atoms with van der Waals surface area (Å²) in [7, 11) is 2.32. The second-order valence-electron chi connectivity index (χ2n) is 21.7. The molecule has 5 heteroatoms. The number of fused-ring (bicyclic) bond motifs is 14. The molecule has 63 heavy (non-hydrogen) atoms. The standard InChI is InChI=1S/C58H52BN2O2/c1-55(2)22-23-56(3,4)43-28-34(20-21-42(43)55)61-51-41-30-44-45(58(7,8)25-24-57(44,5)6)31-48(41)63-54(51)59-49-39(29-40-35-16-11-12-19-47(35)62-53(40)52(49)61)37-18-13-17-36-38-26-32-14-9-10-15-33(32)27-46(38)60-50(36)37/h9-21,26-31,60H,22-25H2,1-8H3. The van der Waals surface area contributed by atoms with Crippen molar-refractivity contribution in [2.24, 2.45) is 0 Å². The van der Waals surface area contributed by atoms with Crippen LogP contribution in [0, 0.1) is 0 Å². The van der Waals surface area contributed by atoms with E-state index in [1.807, 2.05) is 0 Å². The van der Waals surface area contributed by atoms with Crippen LogP contribution in [0.3, 0.4) is 0 Å². The van der Waals surface area contributed by atoms with Crippen molar-refractivity contribution in [2.75, 3.05) is 4.90 Å². The maximum atomic E-state index is 7.22. The van der Waals surface area contributed by atoms with Crippen LogP contribution in [-0.2, 0) is 21.7 Å². The number of furan rings is 2. The highest BCUT2D eigenvalue weighted by molar-refractivity contribution is 6.73. The summed E-state index contributed by atoms with van der Waals surface area (Å²) >= 11 is 0. The largest absolute Gasteiger partial charge is 0.469 e. The number of anilines is 3. The third-order valence-corrected chi connectivity index (χ3v) is 16.0. The predicted molar refractivity (Wildman–Crippen MR) is 266 cm³/mol. The van der Waals surface area contributed by atoms with E-state index in [0.717, 1.165) is 103 Å². The molecule has 10 aromatic rings. The van der Waals surface area contributed by atoms with Gasteiger partial charge in [-0.15, -0.1) is 0 Å². The monoisotopic (exact) mass is 819 g/mol. The van der Waals surface area contributed by atoms with Gasteiger partial charge in [-0.3, -0.25) is 0 Å². The topological polar surface area (TPSA) is 45.3 Å². The number of para-hydroxylation sites is 2. The molecule has 13 rings (SSSR count). The zero-order valence-electron chi connectivity index (χ0n) is 37.6. The number of hydrogen-bond acceptors (Lipinski definition) is 3. The summed E-state index contributed by atoms with van der Waals surface area (Å²) in [4.78, 5) is 6.45. The fourth-order valence-corrected chi connectivity index (χ4v) is 12.0. The number of aromatic nitrogens is 1. The molecule has 1 aliphatic heterocycles. The lowest BCUT2D eigenvalue weighted by atomic mass is 9.60. The number of nitrogens with one attached hydrogen (secondary N) is 1. The molecule has 4 nitrogen and oxygen atoms in total. The zero-order chi connectivity index (χ0) is 42.9. The molecule has 0 unspecified atom stereocenters. The molecule has 0 spiro atoms. The lowest BCUT2D eigenvalue weighted by Gasteiger charge is -2.43. The van der Waals surface area contributed by atoms with Crippen LogP contribution in [-0.4, -0.2) is 12.3 Å². The van der Waals surface area contributed by atoms with Crippen LogP contribution in [0.2, 0.25) is 0 Å². The average molecular weight is 820 g/mol. The van der Waals surface area contributed by atoms with Gasteiger partial charge in [-0.25, -0.2) is 0 Å². The van der Waals surface area contributed by atoms with Crippen molar-refractivity contribution in [3.8, 4) is 11.1 Å². The highest BCUT2D eigenvalue weighted by Gasteiger charge is 2.42. The molecule has 0 amide bonds. The molecular weight excluding hydrogens is 767 g/mol. The highest BCUT2D eigenvalue weighted by Crippen LogP contribution is 2.53. The molecule has 0 saturated carbocycles. The number of benzene rings is 7. The molecule has 1 N–H and O–H groups in total. The first-order chi connectivity index (χ1) is 30.2. The Balaban J connectivity index is 1.16. The predicted octanol–water partition coefficient (Wildman–Crippen LogP) is 14.9. The average Bonchev–Trinajstić information content (AvgIpc) is 3.95. The van der Waals surface area contributed by atoms with Gasteiger partial charge in [-0.05, 0) is 140 Å². The minimum Gasteiger partial charge on any atom is -0.469 e. The lowest BCUT2D eigenvalue weighted by Crippen LogP contribution is -2.40. The molecule has 2 aliphatic carbocycles. The fourth-order valence-electron chi connectivity index (χ4n) is 12.0. The maximum Gasteiger partial charge on any atom is 0.247 e. The summed E-state index contributed by atoms with van der Waals surface area (Å²) in [5.74, 6) is 0. The first kappa shape index (κ1) is 37.4. The van der Waals surface area contributed by atoms with Crippen molar-refractivity contribution in [3.05, 3.63) is 138 Å². The Labute approximate surface area is 369 Å². The summed E-state index contributed by atoms with van der Waals surface area (Å²) in [6, 6.07) is 43.1. The van der Waals surface area contributed by atoms with Crippen molar-refractivity contribution >= 4 is 101 Å². The van der Waals surface area contributed by atoms with E-state index >= 15 is 0 Å². The molecule has 0 fully saturated rings. The van der Waals surface area contributed by atoms with Crippen molar-refractivity contribution in [1.82, 2.24) is 4.98 Å². The third kappa shape index (κ3) is 5.17. The molecule has 4 heterocycles. The minimum absolute atomic E-state index is 0.0220. The number of aromatic amines is 1. The van der Waals surface area contributed by atoms with Crippen LogP contribution in [0.5, 0.6) is 0 Å². The Hall–Kier alpha value is -6.20. The van der Waals surface area contributed by atoms with Gasteiger partial charge in [0.15, 0.2) is 5.58 Å². The molecule has 309 valence electrons. The van der Waals surface area contributed by atoms with Gasteiger partial charge in [0.1, 0.15) is 11.2 Å². The van der Waals surface area contributed by atoms with Crippen LogP contribution in [0.15, 0.2) is 124 Å². The lowest BCUT2D eigenvalue weighted by molar-refractivity contribution is 0.332. The normalized spacial score (nSPS) is 18.2. The summed E-state index contributed by atoms with van der Waals surface area (Å²) in [5.41, 5.74) is 18.4. The van der Waals surface area contributed by atoms with Gasteiger partial charge in [0, 0.05) is 43.7 Å². The maximum absolute atomic E-state index is 7.22. The first-order valence-electron chi connectivity index (χ1n) is 23.0. The Morgan fingerprint density at radius 3 is 1.90 bits per heavy atom. The Bertz CT molecular complexity index is 3630. The number of rotatable bonds is 2. The third-order valence-electron chi connectivity index (χ3n) is 16.0. The van der Waals surface area contributed by atoms with E-state index in [2.05, 4.69) is 188 Å². The molecule has 3 aliphatic rings. The van der Waals surface area contributed by atoms with Gasteiger partial charge in [-0.2, -0.15) is 0 Å². The first-order valence-corrected chi connectivity index (χ1v) is 23.0. The van der Waals surface area contributed by atoms with Crippen molar-refractivity contribution in [1.29, 1.82) is 0 Å². The summed E-state index contributed by atoms with van der Waals surface area (Å²) < 4.78 is 14.3. The molecule has 7 aromatic carbocycles. The number of hydrogen-bond donors (Lipinski definition) is 1. The van der Waals surface area contributed by atoms with E-state index < -0.39 is 0 Å². The zero-order valence-corrected chi connectivity index (χ0v) is 37.6. The van der Waals surface area contributed by atoms with E-state index in [4.69, 9.17) is 8.83 Å². The summed E-state index contributed by atoms with van der Waals surface area (Å²) in [5, 5.41) is 8.28. The molecule has 0 bridgehead atoms. The quantitative estimate of drug-likeness (QED) is 0.177. The van der Waals surface area contributed by atoms with Gasteiger partial charge < -0.3 is 18.7 Å². The fraction of sp³-hybridized carbons (Fsp3) is 0.276.